The van der Waals surface area contributed by atoms with Gasteiger partial charge in [-0.05, 0) is 33.9 Å². The second-order valence-corrected chi connectivity index (χ2v) is 6.36. The van der Waals surface area contributed by atoms with E-state index in [9.17, 15) is 10.2 Å². The van der Waals surface area contributed by atoms with Gasteiger partial charge in [0.15, 0.2) is 0 Å². The van der Waals surface area contributed by atoms with Crippen molar-refractivity contribution in [3.63, 3.8) is 0 Å². The largest absolute Gasteiger partial charge is 0.390 e. The van der Waals surface area contributed by atoms with E-state index in [0.29, 0.717) is 12.8 Å². The van der Waals surface area contributed by atoms with Crippen molar-refractivity contribution in [1.29, 1.82) is 0 Å². The molecule has 3 rings (SSSR count). The Morgan fingerprint density at radius 1 is 1.19 bits per heavy atom. The van der Waals surface area contributed by atoms with E-state index in [-0.39, 0.29) is 24.3 Å². The van der Waals surface area contributed by atoms with E-state index < -0.39 is 24.3 Å². The summed E-state index contributed by atoms with van der Waals surface area (Å²) < 4.78 is 17.7. The van der Waals surface area contributed by atoms with Gasteiger partial charge in [0, 0.05) is 12.5 Å². The van der Waals surface area contributed by atoms with Crippen molar-refractivity contribution in [2.24, 2.45) is 0 Å². The molecule has 7 heteroatoms. The van der Waals surface area contributed by atoms with Crippen molar-refractivity contribution in [2.45, 2.75) is 74.8 Å². The van der Waals surface area contributed by atoms with Crippen LogP contribution in [0.5, 0.6) is 0 Å². The molecule has 0 radical (unpaired) electrons. The summed E-state index contributed by atoms with van der Waals surface area (Å²) in [5, 5.41) is 27.3. The van der Waals surface area contributed by atoms with Gasteiger partial charge in [0.05, 0.1) is 24.4 Å². The minimum atomic E-state index is -1.42. The summed E-state index contributed by atoms with van der Waals surface area (Å²) in [5.41, 5.74) is 0. The van der Waals surface area contributed by atoms with Crippen LogP contribution in [0.25, 0.3) is 0 Å². The van der Waals surface area contributed by atoms with Crippen LogP contribution in [0.4, 0.5) is 0 Å². The molecule has 8 atom stereocenters. The summed E-state index contributed by atoms with van der Waals surface area (Å²) in [6.07, 6.45) is -0.119. The molecule has 0 aromatic carbocycles. The van der Waals surface area contributed by atoms with E-state index in [4.69, 9.17) is 14.2 Å². The Bertz CT molecular complexity index is 384. The Kier molecular flexibility index (Phi) is 4.26. The standard InChI is InChI=1S/C14H26N2O5/c1-7-4-5-14(18)13(19-7)20-9-6-8(15-2)11(17)10(16-3)12(9)21-14/h7-13,15-18H,4-6H2,1-3H3/t7-,8?,9?,10?,11+,12?,13?,14+/m1/s1. The summed E-state index contributed by atoms with van der Waals surface area (Å²) >= 11 is 0. The molecule has 1 saturated carbocycles. The smallest absolute Gasteiger partial charge is 0.218 e. The van der Waals surface area contributed by atoms with Gasteiger partial charge in [-0.25, -0.2) is 0 Å². The van der Waals surface area contributed by atoms with Crippen LogP contribution < -0.4 is 10.6 Å². The molecule has 0 amide bonds. The molecule has 0 spiro atoms. The van der Waals surface area contributed by atoms with E-state index in [0.717, 1.165) is 6.42 Å². The average Bonchev–Trinajstić information content (AvgIpc) is 2.46. The number of nitrogens with one attached hydrogen (secondary N) is 2. The molecule has 2 aliphatic heterocycles. The molecule has 3 fully saturated rings. The van der Waals surface area contributed by atoms with Crippen molar-refractivity contribution in [3.8, 4) is 0 Å². The number of rotatable bonds is 2. The Balaban J connectivity index is 1.81. The van der Waals surface area contributed by atoms with E-state index in [1.165, 1.54) is 0 Å². The molecular formula is C14H26N2O5. The van der Waals surface area contributed by atoms with Crippen LogP contribution in [0.15, 0.2) is 0 Å². The van der Waals surface area contributed by atoms with E-state index in [1.807, 2.05) is 14.0 Å². The molecule has 0 aromatic rings. The van der Waals surface area contributed by atoms with Crippen molar-refractivity contribution < 1.29 is 24.4 Å². The minimum absolute atomic E-state index is 0.0461. The molecular weight excluding hydrogens is 276 g/mol. The number of aliphatic hydroxyl groups is 2. The molecule has 2 heterocycles. The molecule has 7 nitrogen and oxygen atoms in total. The molecule has 21 heavy (non-hydrogen) atoms. The predicted molar refractivity (Wildman–Crippen MR) is 74.6 cm³/mol. The zero-order valence-corrected chi connectivity index (χ0v) is 12.8. The lowest BCUT2D eigenvalue weighted by Crippen LogP contribution is -2.72. The van der Waals surface area contributed by atoms with Crippen molar-refractivity contribution in [2.75, 3.05) is 14.1 Å². The van der Waals surface area contributed by atoms with E-state index >= 15 is 0 Å². The Morgan fingerprint density at radius 2 is 1.95 bits per heavy atom. The van der Waals surface area contributed by atoms with Crippen LogP contribution in [0.3, 0.4) is 0 Å². The van der Waals surface area contributed by atoms with Gasteiger partial charge in [0.2, 0.25) is 12.1 Å². The van der Waals surface area contributed by atoms with Crippen LogP contribution in [-0.4, -0.2) is 72.9 Å². The van der Waals surface area contributed by atoms with Crippen molar-refractivity contribution in [1.82, 2.24) is 10.6 Å². The summed E-state index contributed by atoms with van der Waals surface area (Å²) in [7, 11) is 3.60. The lowest BCUT2D eigenvalue weighted by molar-refractivity contribution is -0.436. The maximum absolute atomic E-state index is 10.7. The normalized spacial score (nSPS) is 53.9. The highest BCUT2D eigenvalue weighted by molar-refractivity contribution is 5.04. The Labute approximate surface area is 124 Å². The average molecular weight is 302 g/mol. The monoisotopic (exact) mass is 302 g/mol. The first-order valence-electron chi connectivity index (χ1n) is 7.72. The van der Waals surface area contributed by atoms with Gasteiger partial charge in [-0.3, -0.25) is 0 Å². The SMILES string of the molecule is CNC1CC2OC3O[C@H](C)CC[C@]3(O)OC2C(NC)[C@H]1O. The molecule has 0 aromatic heterocycles. The maximum Gasteiger partial charge on any atom is 0.218 e. The highest BCUT2D eigenvalue weighted by atomic mass is 16.8. The Hall–Kier alpha value is -0.280. The van der Waals surface area contributed by atoms with Gasteiger partial charge < -0.3 is 35.1 Å². The van der Waals surface area contributed by atoms with Crippen LogP contribution in [0.2, 0.25) is 0 Å². The molecule has 122 valence electrons. The third-order valence-corrected chi connectivity index (χ3v) is 4.96. The van der Waals surface area contributed by atoms with Crippen molar-refractivity contribution in [3.05, 3.63) is 0 Å². The number of ether oxygens (including phenoxy) is 3. The van der Waals surface area contributed by atoms with Crippen LogP contribution in [0.1, 0.15) is 26.2 Å². The van der Waals surface area contributed by atoms with E-state index in [2.05, 4.69) is 10.6 Å². The second-order valence-electron chi connectivity index (χ2n) is 6.36. The fourth-order valence-corrected chi connectivity index (χ4v) is 3.67. The van der Waals surface area contributed by atoms with Gasteiger partial charge in [-0.2, -0.15) is 0 Å². The molecule has 4 N–H and O–H groups in total. The van der Waals surface area contributed by atoms with Gasteiger partial charge in [-0.15, -0.1) is 0 Å². The Morgan fingerprint density at radius 3 is 2.62 bits per heavy atom. The fourth-order valence-electron chi connectivity index (χ4n) is 3.67. The first-order valence-corrected chi connectivity index (χ1v) is 7.72. The van der Waals surface area contributed by atoms with Gasteiger partial charge in [-0.1, -0.05) is 0 Å². The first-order chi connectivity index (χ1) is 9.98. The third-order valence-electron chi connectivity index (χ3n) is 4.96. The zero-order valence-electron chi connectivity index (χ0n) is 12.8. The molecule has 1 aliphatic carbocycles. The topological polar surface area (TPSA) is 92.2 Å². The fraction of sp³-hybridized carbons (Fsp3) is 1.00. The first kappa shape index (κ1) is 15.6. The highest BCUT2D eigenvalue weighted by Crippen LogP contribution is 2.41. The van der Waals surface area contributed by atoms with Gasteiger partial charge in [0.25, 0.3) is 0 Å². The number of aliphatic hydroxyl groups excluding tert-OH is 1. The molecule has 5 unspecified atom stereocenters. The third kappa shape index (κ3) is 2.61. The lowest BCUT2D eigenvalue weighted by atomic mass is 9.82. The number of likely N-dealkylation sites (N-methyl/N-ethyl adjacent to an activating group) is 2. The number of fused-ring (bicyclic) bond motifs is 2. The molecule has 2 saturated heterocycles. The minimum Gasteiger partial charge on any atom is -0.390 e. The maximum atomic E-state index is 10.7. The lowest BCUT2D eigenvalue weighted by Gasteiger charge is -2.54. The van der Waals surface area contributed by atoms with Crippen LogP contribution in [-0.2, 0) is 14.2 Å². The van der Waals surface area contributed by atoms with Gasteiger partial charge in [0.1, 0.15) is 6.10 Å². The van der Waals surface area contributed by atoms with Crippen LogP contribution >= 0.6 is 0 Å². The van der Waals surface area contributed by atoms with Crippen LogP contribution in [0, 0.1) is 0 Å². The number of hydrogen-bond acceptors (Lipinski definition) is 7. The number of hydrogen-bond donors (Lipinski definition) is 4. The second kappa shape index (κ2) is 5.73. The summed E-state index contributed by atoms with van der Waals surface area (Å²) in [6, 6.07) is -0.384. The zero-order chi connectivity index (χ0) is 15.2. The van der Waals surface area contributed by atoms with E-state index in [1.54, 1.807) is 7.05 Å². The quantitative estimate of drug-likeness (QED) is 0.516. The summed E-state index contributed by atoms with van der Waals surface area (Å²) in [5.74, 6) is -1.42. The highest BCUT2D eigenvalue weighted by Gasteiger charge is 2.57. The van der Waals surface area contributed by atoms with Crippen molar-refractivity contribution >= 4 is 0 Å². The molecule has 0 bridgehead atoms. The summed E-state index contributed by atoms with van der Waals surface area (Å²) in [6.45, 7) is 1.96. The predicted octanol–water partition coefficient (Wildman–Crippen LogP) is -1.08. The molecule has 3 aliphatic rings. The summed E-state index contributed by atoms with van der Waals surface area (Å²) in [4.78, 5) is 0. The van der Waals surface area contributed by atoms with Gasteiger partial charge >= 0.3 is 0 Å².